The first-order valence-electron chi connectivity index (χ1n) is 7.42. The summed E-state index contributed by atoms with van der Waals surface area (Å²) in [6, 6.07) is 6.18. The molecule has 0 spiro atoms. The molecule has 1 atom stereocenters. The molecule has 1 aromatic carbocycles. The van der Waals surface area contributed by atoms with Crippen LogP contribution in [0.2, 0.25) is 0 Å². The van der Waals surface area contributed by atoms with Crippen LogP contribution in [0.4, 0.5) is 13.2 Å². The van der Waals surface area contributed by atoms with Gasteiger partial charge in [0.1, 0.15) is 5.75 Å². The van der Waals surface area contributed by atoms with Gasteiger partial charge in [0.05, 0.1) is 12.0 Å². The van der Waals surface area contributed by atoms with Crippen molar-refractivity contribution in [3.8, 4) is 5.75 Å². The van der Waals surface area contributed by atoms with Crippen LogP contribution in [0, 0.1) is 0 Å². The smallest absolute Gasteiger partial charge is 0.406 e. The summed E-state index contributed by atoms with van der Waals surface area (Å²) in [5, 5.41) is 0. The third-order valence-corrected chi connectivity index (χ3v) is 4.28. The van der Waals surface area contributed by atoms with E-state index in [-0.39, 0.29) is 11.8 Å². The number of hydrogen-bond donors (Lipinski definition) is 0. The van der Waals surface area contributed by atoms with Crippen molar-refractivity contribution >= 4 is 0 Å². The molecule has 0 radical (unpaired) electrons. The van der Waals surface area contributed by atoms with E-state index in [1.54, 1.807) is 12.1 Å². The van der Waals surface area contributed by atoms with E-state index in [2.05, 4.69) is 14.6 Å². The second-order valence-corrected chi connectivity index (χ2v) is 5.76. The lowest BCUT2D eigenvalue weighted by atomic mass is 10.0. The Hall–Kier alpha value is -2.02. The van der Waals surface area contributed by atoms with Crippen LogP contribution < -0.4 is 4.74 Å². The van der Waals surface area contributed by atoms with Crippen molar-refractivity contribution < 1.29 is 17.9 Å². The average Bonchev–Trinajstić information content (AvgIpc) is 2.87. The van der Waals surface area contributed by atoms with Gasteiger partial charge in [-0.25, -0.2) is 4.98 Å². The van der Waals surface area contributed by atoms with Crippen LogP contribution in [0.25, 0.3) is 0 Å². The summed E-state index contributed by atoms with van der Waals surface area (Å²) in [6.07, 6.45) is -1.91. The number of fused-ring (bicyclic) bond motifs is 1. The van der Waals surface area contributed by atoms with Gasteiger partial charge >= 0.3 is 6.36 Å². The van der Waals surface area contributed by atoms with Gasteiger partial charge in [-0.3, -0.25) is 4.90 Å². The number of aromatic nitrogens is 2. The number of alkyl halides is 3. The third-order valence-electron chi connectivity index (χ3n) is 4.28. The Morgan fingerprint density at radius 1 is 1.22 bits per heavy atom. The fraction of sp³-hybridized carbons (Fsp3) is 0.438. The highest BCUT2D eigenvalue weighted by molar-refractivity contribution is 5.29. The lowest BCUT2D eigenvalue weighted by molar-refractivity contribution is -0.274. The quantitative estimate of drug-likeness (QED) is 0.866. The first kappa shape index (κ1) is 15.9. The Balaban J connectivity index is 1.70. The maximum Gasteiger partial charge on any atom is 0.573 e. The molecule has 2 aromatic rings. The molecular formula is C16H18F3N3O. The minimum absolute atomic E-state index is 0.102. The molecule has 1 aliphatic heterocycles. The number of imidazole rings is 1. The molecule has 0 aliphatic carbocycles. The fourth-order valence-electron chi connectivity index (χ4n) is 2.97. The van der Waals surface area contributed by atoms with Crippen molar-refractivity contribution in [2.45, 2.75) is 32.3 Å². The molecule has 4 nitrogen and oxygen atoms in total. The number of nitrogens with zero attached hydrogens (tertiary/aromatic N) is 3. The summed E-state index contributed by atoms with van der Waals surface area (Å²) in [6.45, 7) is 3.69. The number of rotatable bonds is 3. The van der Waals surface area contributed by atoms with Crippen molar-refractivity contribution in [3.05, 3.63) is 47.5 Å². The second-order valence-electron chi connectivity index (χ2n) is 5.76. The van der Waals surface area contributed by atoms with Crippen LogP contribution in [0.5, 0.6) is 5.75 Å². The normalized spacial score (nSPS) is 16.9. The fourth-order valence-corrected chi connectivity index (χ4v) is 2.97. The Morgan fingerprint density at radius 3 is 2.57 bits per heavy atom. The molecule has 0 fully saturated rings. The first-order chi connectivity index (χ1) is 10.8. The SMILES string of the molecule is C[C@H](c1ccc(OC(F)(F)F)cc1)N1CCc2c(ncn2C)C1. The Morgan fingerprint density at radius 2 is 1.91 bits per heavy atom. The Kier molecular flexibility index (Phi) is 4.06. The molecule has 0 amide bonds. The maximum atomic E-state index is 12.2. The highest BCUT2D eigenvalue weighted by Crippen LogP contribution is 2.29. The molecule has 0 saturated heterocycles. The molecule has 3 rings (SSSR count). The van der Waals surface area contributed by atoms with Crippen LogP contribution >= 0.6 is 0 Å². The zero-order valence-electron chi connectivity index (χ0n) is 13.0. The highest BCUT2D eigenvalue weighted by Gasteiger charge is 2.31. The molecule has 0 saturated carbocycles. The van der Waals surface area contributed by atoms with Gasteiger partial charge < -0.3 is 9.30 Å². The monoisotopic (exact) mass is 325 g/mol. The van der Waals surface area contributed by atoms with E-state index in [0.29, 0.717) is 0 Å². The molecule has 7 heteroatoms. The van der Waals surface area contributed by atoms with E-state index in [1.165, 1.54) is 17.8 Å². The van der Waals surface area contributed by atoms with Gasteiger partial charge in [-0.05, 0) is 24.6 Å². The minimum atomic E-state index is -4.66. The van der Waals surface area contributed by atoms with Crippen molar-refractivity contribution in [2.24, 2.45) is 7.05 Å². The summed E-state index contributed by atoms with van der Waals surface area (Å²) in [5.74, 6) is -0.195. The van der Waals surface area contributed by atoms with Gasteiger partial charge in [0.25, 0.3) is 0 Å². The first-order valence-corrected chi connectivity index (χ1v) is 7.42. The number of halogens is 3. The Labute approximate surface area is 132 Å². The van der Waals surface area contributed by atoms with Crippen LogP contribution in [0.1, 0.15) is 29.9 Å². The van der Waals surface area contributed by atoms with E-state index < -0.39 is 6.36 Å². The van der Waals surface area contributed by atoms with Gasteiger partial charge in [0.2, 0.25) is 0 Å². The lowest BCUT2D eigenvalue weighted by Gasteiger charge is -2.32. The third kappa shape index (κ3) is 3.50. The molecule has 0 N–H and O–H groups in total. The van der Waals surface area contributed by atoms with Crippen LogP contribution in [-0.2, 0) is 20.0 Å². The van der Waals surface area contributed by atoms with Gasteiger partial charge in [0.15, 0.2) is 0 Å². The topological polar surface area (TPSA) is 30.3 Å². The number of aryl methyl sites for hydroxylation is 1. The van der Waals surface area contributed by atoms with E-state index >= 15 is 0 Å². The summed E-state index contributed by atoms with van der Waals surface area (Å²) in [4.78, 5) is 6.69. The Bertz CT molecular complexity index is 679. The molecular weight excluding hydrogens is 307 g/mol. The van der Waals surface area contributed by atoms with E-state index in [4.69, 9.17) is 0 Å². The van der Waals surface area contributed by atoms with Crippen molar-refractivity contribution in [1.29, 1.82) is 0 Å². The predicted octanol–water partition coefficient (Wildman–Crippen LogP) is 3.44. The second kappa shape index (κ2) is 5.88. The molecule has 0 bridgehead atoms. The zero-order valence-corrected chi connectivity index (χ0v) is 13.0. The molecule has 1 aliphatic rings. The molecule has 2 heterocycles. The van der Waals surface area contributed by atoms with Crippen LogP contribution in [0.3, 0.4) is 0 Å². The van der Waals surface area contributed by atoms with Crippen LogP contribution in [0.15, 0.2) is 30.6 Å². The maximum absolute atomic E-state index is 12.2. The number of ether oxygens (including phenoxy) is 1. The van der Waals surface area contributed by atoms with Crippen molar-refractivity contribution in [3.63, 3.8) is 0 Å². The molecule has 23 heavy (non-hydrogen) atoms. The van der Waals surface area contributed by atoms with E-state index in [1.807, 2.05) is 24.9 Å². The van der Waals surface area contributed by atoms with Gasteiger partial charge in [0, 0.05) is 38.3 Å². The average molecular weight is 325 g/mol. The van der Waals surface area contributed by atoms with E-state index in [9.17, 15) is 13.2 Å². The standard InChI is InChI=1S/C16H18F3N3O/c1-11(12-3-5-13(6-4-12)23-16(17,18)19)22-8-7-15-14(9-22)20-10-21(15)2/h3-6,10-11H,7-9H2,1-2H3/t11-/m1/s1. The number of benzene rings is 1. The minimum Gasteiger partial charge on any atom is -0.406 e. The van der Waals surface area contributed by atoms with Gasteiger partial charge in [-0.2, -0.15) is 0 Å². The zero-order chi connectivity index (χ0) is 16.6. The summed E-state index contributed by atoms with van der Waals surface area (Å²) < 4.78 is 42.5. The van der Waals surface area contributed by atoms with E-state index in [0.717, 1.165) is 30.8 Å². The molecule has 1 aromatic heterocycles. The predicted molar refractivity (Wildman–Crippen MR) is 78.9 cm³/mol. The van der Waals surface area contributed by atoms with Crippen molar-refractivity contribution in [2.75, 3.05) is 6.54 Å². The summed E-state index contributed by atoms with van der Waals surface area (Å²) >= 11 is 0. The molecule has 124 valence electrons. The molecule has 0 unspecified atom stereocenters. The van der Waals surface area contributed by atoms with Gasteiger partial charge in [-0.1, -0.05) is 12.1 Å². The highest BCUT2D eigenvalue weighted by atomic mass is 19.4. The lowest BCUT2D eigenvalue weighted by Crippen LogP contribution is -2.33. The summed E-state index contributed by atoms with van der Waals surface area (Å²) in [7, 11) is 1.99. The van der Waals surface area contributed by atoms with Gasteiger partial charge in [-0.15, -0.1) is 13.2 Å². The van der Waals surface area contributed by atoms with Crippen molar-refractivity contribution in [1.82, 2.24) is 14.5 Å². The summed E-state index contributed by atoms with van der Waals surface area (Å²) in [5.41, 5.74) is 3.28. The number of hydrogen-bond acceptors (Lipinski definition) is 3. The largest absolute Gasteiger partial charge is 0.573 e. The van der Waals surface area contributed by atoms with Crippen LogP contribution in [-0.4, -0.2) is 27.4 Å².